The lowest BCUT2D eigenvalue weighted by Crippen LogP contribution is -2.41. The molecule has 0 bridgehead atoms. The van der Waals surface area contributed by atoms with Gasteiger partial charge in [-0.1, -0.05) is 6.92 Å². The molecule has 2 fully saturated rings. The van der Waals surface area contributed by atoms with Crippen molar-refractivity contribution < 1.29 is 8.42 Å². The van der Waals surface area contributed by atoms with Gasteiger partial charge in [0, 0.05) is 25.2 Å². The highest BCUT2D eigenvalue weighted by molar-refractivity contribution is 7.91. The highest BCUT2D eigenvalue weighted by atomic mass is 32.2. The molecule has 0 radical (unpaired) electrons. The van der Waals surface area contributed by atoms with E-state index in [1.165, 1.54) is 0 Å². The van der Waals surface area contributed by atoms with Crippen molar-refractivity contribution in [3.8, 4) is 0 Å². The molecule has 0 saturated carbocycles. The molecule has 2 aliphatic heterocycles. The molecule has 0 aromatic rings. The fraction of sp³-hybridized carbons (Fsp3) is 1.00. The van der Waals surface area contributed by atoms with Crippen molar-refractivity contribution >= 4 is 9.84 Å². The van der Waals surface area contributed by atoms with E-state index in [1.807, 2.05) is 0 Å². The van der Waals surface area contributed by atoms with Gasteiger partial charge >= 0.3 is 0 Å². The van der Waals surface area contributed by atoms with Gasteiger partial charge in [0.2, 0.25) is 0 Å². The van der Waals surface area contributed by atoms with Gasteiger partial charge in [0.1, 0.15) is 0 Å². The van der Waals surface area contributed by atoms with Crippen molar-refractivity contribution in [3.63, 3.8) is 0 Å². The van der Waals surface area contributed by atoms with E-state index in [2.05, 4.69) is 16.7 Å². The SMILES string of the molecule is CCC(CCN)N1CCCN(C2CCS(=O)(=O)C2)CC1. The van der Waals surface area contributed by atoms with Crippen molar-refractivity contribution in [2.75, 3.05) is 44.2 Å². The molecule has 2 rings (SSSR count). The number of hydrogen-bond donors (Lipinski definition) is 1. The van der Waals surface area contributed by atoms with Crippen LogP contribution < -0.4 is 5.73 Å². The maximum atomic E-state index is 11.6. The first-order valence-electron chi connectivity index (χ1n) is 7.94. The molecule has 0 aromatic carbocycles. The summed E-state index contributed by atoms with van der Waals surface area (Å²) in [4.78, 5) is 4.95. The third-order valence-corrected chi connectivity index (χ3v) is 6.53. The quantitative estimate of drug-likeness (QED) is 0.792. The second-order valence-corrected chi connectivity index (χ2v) is 8.35. The largest absolute Gasteiger partial charge is 0.330 e. The number of rotatable bonds is 5. The zero-order chi connectivity index (χ0) is 14.6. The Morgan fingerprint density at radius 2 is 2.05 bits per heavy atom. The third-order valence-electron chi connectivity index (χ3n) is 4.78. The van der Waals surface area contributed by atoms with E-state index in [1.54, 1.807) is 0 Å². The average molecular weight is 303 g/mol. The first-order valence-corrected chi connectivity index (χ1v) is 9.76. The number of nitrogens with two attached hydrogens (primary N) is 1. The summed E-state index contributed by atoms with van der Waals surface area (Å²) < 4.78 is 23.2. The molecule has 6 heteroatoms. The Bertz CT molecular complexity index is 399. The van der Waals surface area contributed by atoms with E-state index < -0.39 is 9.84 Å². The second-order valence-electron chi connectivity index (χ2n) is 6.12. The minimum absolute atomic E-state index is 0.259. The molecular formula is C14H29N3O2S. The van der Waals surface area contributed by atoms with Crippen LogP contribution in [0, 0.1) is 0 Å². The van der Waals surface area contributed by atoms with Crippen molar-refractivity contribution in [1.82, 2.24) is 9.80 Å². The van der Waals surface area contributed by atoms with Gasteiger partial charge < -0.3 is 5.73 Å². The molecule has 2 unspecified atom stereocenters. The van der Waals surface area contributed by atoms with E-state index in [9.17, 15) is 8.42 Å². The van der Waals surface area contributed by atoms with Crippen LogP contribution in [0.25, 0.3) is 0 Å². The molecule has 0 aromatic heterocycles. The third kappa shape index (κ3) is 4.16. The predicted molar refractivity (Wildman–Crippen MR) is 82.6 cm³/mol. The molecule has 2 aliphatic rings. The average Bonchev–Trinajstić information content (AvgIpc) is 2.65. The molecule has 0 amide bonds. The van der Waals surface area contributed by atoms with Crippen LogP contribution in [0.2, 0.25) is 0 Å². The highest BCUT2D eigenvalue weighted by Crippen LogP contribution is 2.20. The summed E-state index contributed by atoms with van der Waals surface area (Å²) in [5.41, 5.74) is 5.70. The first-order chi connectivity index (χ1) is 9.55. The van der Waals surface area contributed by atoms with Crippen LogP contribution in [0.5, 0.6) is 0 Å². The lowest BCUT2D eigenvalue weighted by atomic mass is 10.1. The van der Waals surface area contributed by atoms with E-state index in [0.29, 0.717) is 17.5 Å². The summed E-state index contributed by atoms with van der Waals surface area (Å²) >= 11 is 0. The fourth-order valence-corrected chi connectivity index (χ4v) is 5.35. The van der Waals surface area contributed by atoms with E-state index in [-0.39, 0.29) is 6.04 Å². The van der Waals surface area contributed by atoms with Gasteiger partial charge in [-0.2, -0.15) is 0 Å². The van der Waals surface area contributed by atoms with Crippen LogP contribution in [0.3, 0.4) is 0 Å². The van der Waals surface area contributed by atoms with Crippen LogP contribution in [-0.2, 0) is 9.84 Å². The molecule has 2 saturated heterocycles. The van der Waals surface area contributed by atoms with Crippen molar-refractivity contribution in [3.05, 3.63) is 0 Å². The van der Waals surface area contributed by atoms with Crippen LogP contribution in [0.4, 0.5) is 0 Å². The Hall–Kier alpha value is -0.170. The summed E-state index contributed by atoms with van der Waals surface area (Å²) in [6.07, 6.45) is 4.17. The molecule has 2 heterocycles. The normalized spacial score (nSPS) is 30.2. The lowest BCUT2D eigenvalue weighted by molar-refractivity contribution is 0.175. The smallest absolute Gasteiger partial charge is 0.151 e. The van der Waals surface area contributed by atoms with E-state index in [4.69, 9.17) is 5.73 Å². The Morgan fingerprint density at radius 3 is 2.65 bits per heavy atom. The molecule has 118 valence electrons. The zero-order valence-corrected chi connectivity index (χ0v) is 13.4. The lowest BCUT2D eigenvalue weighted by Gasteiger charge is -2.30. The number of sulfone groups is 1. The van der Waals surface area contributed by atoms with Crippen LogP contribution >= 0.6 is 0 Å². The summed E-state index contributed by atoms with van der Waals surface area (Å²) in [6, 6.07) is 0.849. The van der Waals surface area contributed by atoms with E-state index >= 15 is 0 Å². The minimum Gasteiger partial charge on any atom is -0.330 e. The molecule has 0 spiro atoms. The minimum atomic E-state index is -2.77. The van der Waals surface area contributed by atoms with Gasteiger partial charge in [-0.15, -0.1) is 0 Å². The monoisotopic (exact) mass is 303 g/mol. The van der Waals surface area contributed by atoms with Gasteiger partial charge in [0.15, 0.2) is 9.84 Å². The van der Waals surface area contributed by atoms with E-state index in [0.717, 1.165) is 58.4 Å². The van der Waals surface area contributed by atoms with Crippen molar-refractivity contribution in [2.24, 2.45) is 5.73 Å². The van der Waals surface area contributed by atoms with Gasteiger partial charge in [0.25, 0.3) is 0 Å². The van der Waals surface area contributed by atoms with Crippen LogP contribution in [0.15, 0.2) is 0 Å². The Labute approximate surface area is 123 Å². The number of nitrogens with zero attached hydrogens (tertiary/aromatic N) is 2. The Morgan fingerprint density at radius 1 is 1.25 bits per heavy atom. The highest BCUT2D eigenvalue weighted by Gasteiger charge is 2.33. The molecule has 5 nitrogen and oxygen atoms in total. The van der Waals surface area contributed by atoms with Crippen LogP contribution in [-0.4, -0.2) is 74.5 Å². The van der Waals surface area contributed by atoms with Gasteiger partial charge in [-0.3, -0.25) is 9.80 Å². The first kappa shape index (κ1) is 16.2. The fourth-order valence-electron chi connectivity index (χ4n) is 3.59. The topological polar surface area (TPSA) is 66.6 Å². The maximum Gasteiger partial charge on any atom is 0.151 e. The molecular weight excluding hydrogens is 274 g/mol. The summed E-state index contributed by atoms with van der Waals surface area (Å²) in [5.74, 6) is 0.746. The Balaban J connectivity index is 1.89. The van der Waals surface area contributed by atoms with Gasteiger partial charge in [0.05, 0.1) is 11.5 Å². The van der Waals surface area contributed by atoms with Gasteiger partial charge in [-0.25, -0.2) is 8.42 Å². The summed E-state index contributed by atoms with van der Waals surface area (Å²) in [6.45, 7) is 7.19. The zero-order valence-electron chi connectivity index (χ0n) is 12.6. The summed E-state index contributed by atoms with van der Waals surface area (Å²) in [7, 11) is -2.77. The number of hydrogen-bond acceptors (Lipinski definition) is 5. The van der Waals surface area contributed by atoms with Gasteiger partial charge in [-0.05, 0) is 45.3 Å². The second kappa shape index (κ2) is 7.20. The summed E-state index contributed by atoms with van der Waals surface area (Å²) in [5, 5.41) is 0. The molecule has 20 heavy (non-hydrogen) atoms. The standard InChI is InChI=1S/C14H29N3O2S/c1-2-13(4-6-15)16-7-3-8-17(10-9-16)14-5-11-20(18,19)12-14/h13-14H,2-12,15H2,1H3. The molecule has 2 atom stereocenters. The predicted octanol–water partition coefficient (Wildman–Crippen LogP) is 0.309. The Kier molecular flexibility index (Phi) is 5.84. The van der Waals surface area contributed by atoms with Crippen molar-refractivity contribution in [1.29, 1.82) is 0 Å². The molecule has 0 aliphatic carbocycles. The van der Waals surface area contributed by atoms with Crippen molar-refractivity contribution in [2.45, 2.75) is 44.7 Å². The maximum absolute atomic E-state index is 11.6. The molecule has 2 N–H and O–H groups in total. The van der Waals surface area contributed by atoms with Crippen LogP contribution in [0.1, 0.15) is 32.6 Å².